The zero-order valence-corrected chi connectivity index (χ0v) is 16.3. The van der Waals surface area contributed by atoms with Crippen molar-refractivity contribution in [2.24, 2.45) is 0 Å². The van der Waals surface area contributed by atoms with Gasteiger partial charge in [0.2, 0.25) is 0 Å². The van der Waals surface area contributed by atoms with Crippen LogP contribution in [0.2, 0.25) is 5.02 Å². The average Bonchev–Trinajstić information content (AvgIpc) is 3.21. The van der Waals surface area contributed by atoms with E-state index in [0.29, 0.717) is 17.9 Å². The first-order valence-corrected chi connectivity index (χ1v) is 10.2. The number of halogens is 1. The van der Waals surface area contributed by atoms with Crippen LogP contribution in [-0.4, -0.2) is 18.2 Å². The fourth-order valence-electron chi connectivity index (χ4n) is 2.54. The first-order valence-electron chi connectivity index (χ1n) is 8.64. The second-order valence-corrected chi connectivity index (χ2v) is 7.35. The average molecular weight is 398 g/mol. The van der Waals surface area contributed by atoms with Gasteiger partial charge < -0.3 is 9.73 Å². The molecule has 3 aromatic rings. The van der Waals surface area contributed by atoms with Gasteiger partial charge in [0.05, 0.1) is 11.8 Å². The molecule has 0 bridgehead atoms. The van der Waals surface area contributed by atoms with Gasteiger partial charge in [-0.3, -0.25) is 4.79 Å². The van der Waals surface area contributed by atoms with Crippen molar-refractivity contribution >= 4 is 40.9 Å². The molecule has 1 aromatic heterocycles. The Morgan fingerprint density at radius 2 is 1.81 bits per heavy atom. The van der Waals surface area contributed by atoms with Gasteiger partial charge in [-0.25, -0.2) is 0 Å². The summed E-state index contributed by atoms with van der Waals surface area (Å²) in [6.45, 7) is 0.580. The summed E-state index contributed by atoms with van der Waals surface area (Å²) < 4.78 is 5.37. The third-order valence-corrected chi connectivity index (χ3v) is 5.28. The Hall–Kier alpha value is -2.43. The summed E-state index contributed by atoms with van der Waals surface area (Å²) in [6, 6.07) is 21.0. The maximum Gasteiger partial charge on any atom is 0.252 e. The minimum atomic E-state index is -0.115. The third kappa shape index (κ3) is 5.78. The van der Waals surface area contributed by atoms with Crippen molar-refractivity contribution in [1.29, 1.82) is 0 Å². The van der Waals surface area contributed by atoms with Crippen LogP contribution in [0.25, 0.3) is 11.6 Å². The molecule has 0 atom stereocenters. The number of rotatable bonds is 8. The van der Waals surface area contributed by atoms with Gasteiger partial charge in [0.25, 0.3) is 5.91 Å². The Kier molecular flexibility index (Phi) is 7.19. The molecule has 0 fully saturated rings. The molecule has 0 spiro atoms. The number of hydrogen-bond acceptors (Lipinski definition) is 3. The summed E-state index contributed by atoms with van der Waals surface area (Å²) >= 11 is 7.90. The normalized spacial score (nSPS) is 11.4. The largest absolute Gasteiger partial charge is 0.465 e. The quantitative estimate of drug-likeness (QED) is 0.401. The molecule has 0 aliphatic carbocycles. The Labute approximate surface area is 168 Å². The van der Waals surface area contributed by atoms with Gasteiger partial charge in [-0.05, 0) is 35.4 Å². The molecular weight excluding hydrogens is 378 g/mol. The van der Waals surface area contributed by atoms with Crippen LogP contribution in [0.3, 0.4) is 0 Å². The summed E-state index contributed by atoms with van der Waals surface area (Å²) in [5.74, 6) is 2.16. The minimum Gasteiger partial charge on any atom is -0.465 e. The fourth-order valence-corrected chi connectivity index (χ4v) is 3.69. The molecule has 0 radical (unpaired) electrons. The van der Waals surface area contributed by atoms with Crippen LogP contribution in [0, 0.1) is 0 Å². The van der Waals surface area contributed by atoms with Crippen LogP contribution in [0.15, 0.2) is 77.4 Å². The van der Waals surface area contributed by atoms with E-state index in [-0.39, 0.29) is 5.91 Å². The van der Waals surface area contributed by atoms with E-state index in [1.807, 2.05) is 60.7 Å². The number of thioether (sulfide) groups is 1. The highest BCUT2D eigenvalue weighted by Gasteiger charge is 2.12. The highest BCUT2D eigenvalue weighted by Crippen LogP contribution is 2.21. The summed E-state index contributed by atoms with van der Waals surface area (Å²) in [7, 11) is 0. The maximum atomic E-state index is 12.7. The molecular formula is C22H20ClNO2S. The number of nitrogens with one attached hydrogen (secondary N) is 1. The van der Waals surface area contributed by atoms with Crippen LogP contribution in [0.1, 0.15) is 16.9 Å². The van der Waals surface area contributed by atoms with Crippen molar-refractivity contribution in [2.75, 3.05) is 12.3 Å². The molecule has 0 aliphatic heterocycles. The lowest BCUT2D eigenvalue weighted by Gasteiger charge is -2.09. The van der Waals surface area contributed by atoms with Gasteiger partial charge >= 0.3 is 0 Å². The number of amides is 1. The highest BCUT2D eigenvalue weighted by molar-refractivity contribution is 7.98. The molecule has 1 heterocycles. The number of hydrogen-bond donors (Lipinski definition) is 1. The maximum absolute atomic E-state index is 12.7. The standard InChI is InChI=1S/C22H20ClNO2S/c23-21-11-5-4-9-18(21)16-27-14-12-24-22(25)20(15-19-10-6-13-26-19)17-7-2-1-3-8-17/h1-11,13,15H,12,14,16H2,(H,24,25)/b20-15+. The Bertz CT molecular complexity index is 892. The van der Waals surface area contributed by atoms with Crippen molar-refractivity contribution in [3.63, 3.8) is 0 Å². The molecule has 1 N–H and O–H groups in total. The van der Waals surface area contributed by atoms with E-state index < -0.39 is 0 Å². The van der Waals surface area contributed by atoms with Crippen molar-refractivity contribution in [3.05, 3.63) is 94.9 Å². The van der Waals surface area contributed by atoms with E-state index >= 15 is 0 Å². The molecule has 0 saturated carbocycles. The molecule has 138 valence electrons. The number of carbonyl (C=O) groups excluding carboxylic acids is 1. The van der Waals surface area contributed by atoms with Gasteiger partial charge in [-0.2, -0.15) is 11.8 Å². The van der Waals surface area contributed by atoms with Crippen LogP contribution >= 0.6 is 23.4 Å². The summed E-state index contributed by atoms with van der Waals surface area (Å²) in [5, 5.41) is 3.77. The van der Waals surface area contributed by atoms with E-state index in [1.165, 1.54) is 0 Å². The molecule has 3 rings (SSSR count). The van der Waals surface area contributed by atoms with E-state index in [0.717, 1.165) is 27.7 Å². The number of furan rings is 1. The molecule has 0 saturated heterocycles. The Morgan fingerprint density at radius 3 is 2.56 bits per heavy atom. The number of carbonyl (C=O) groups is 1. The Balaban J connectivity index is 1.56. The van der Waals surface area contributed by atoms with Crippen LogP contribution in [-0.2, 0) is 10.5 Å². The number of benzene rings is 2. The molecule has 5 heteroatoms. The summed E-state index contributed by atoms with van der Waals surface area (Å²) in [6.07, 6.45) is 3.36. The minimum absolute atomic E-state index is 0.115. The molecule has 1 amide bonds. The molecule has 2 aromatic carbocycles. The van der Waals surface area contributed by atoms with Gasteiger partial charge in [0.1, 0.15) is 5.76 Å². The second kappa shape index (κ2) is 10.0. The lowest BCUT2D eigenvalue weighted by atomic mass is 10.0. The zero-order valence-electron chi connectivity index (χ0n) is 14.7. The molecule has 0 unspecified atom stereocenters. The molecule has 27 heavy (non-hydrogen) atoms. The zero-order chi connectivity index (χ0) is 18.9. The van der Waals surface area contributed by atoms with Crippen LogP contribution < -0.4 is 5.32 Å². The SMILES string of the molecule is O=C(NCCSCc1ccccc1Cl)/C(=C/c1ccco1)c1ccccc1. The third-order valence-electron chi connectivity index (χ3n) is 3.91. The summed E-state index contributed by atoms with van der Waals surface area (Å²) in [4.78, 5) is 12.7. The van der Waals surface area contributed by atoms with E-state index in [9.17, 15) is 4.79 Å². The highest BCUT2D eigenvalue weighted by atomic mass is 35.5. The summed E-state index contributed by atoms with van der Waals surface area (Å²) in [5.41, 5.74) is 2.55. The smallest absolute Gasteiger partial charge is 0.252 e. The van der Waals surface area contributed by atoms with E-state index in [2.05, 4.69) is 5.32 Å². The van der Waals surface area contributed by atoms with Gasteiger partial charge in [0, 0.05) is 23.1 Å². The first-order chi connectivity index (χ1) is 13.2. The van der Waals surface area contributed by atoms with Crippen molar-refractivity contribution in [1.82, 2.24) is 5.32 Å². The second-order valence-electron chi connectivity index (χ2n) is 5.84. The van der Waals surface area contributed by atoms with Crippen molar-refractivity contribution < 1.29 is 9.21 Å². The fraction of sp³-hybridized carbons (Fsp3) is 0.136. The molecule has 3 nitrogen and oxygen atoms in total. The Morgan fingerprint density at radius 1 is 1.04 bits per heavy atom. The predicted octanol–water partition coefficient (Wildman–Crippen LogP) is 5.52. The van der Waals surface area contributed by atoms with E-state index in [1.54, 1.807) is 30.2 Å². The van der Waals surface area contributed by atoms with Crippen LogP contribution in [0.5, 0.6) is 0 Å². The topological polar surface area (TPSA) is 42.2 Å². The van der Waals surface area contributed by atoms with Gasteiger partial charge in [-0.15, -0.1) is 0 Å². The van der Waals surface area contributed by atoms with Gasteiger partial charge in [-0.1, -0.05) is 60.1 Å². The van der Waals surface area contributed by atoms with Crippen LogP contribution in [0.4, 0.5) is 0 Å². The van der Waals surface area contributed by atoms with Gasteiger partial charge in [0.15, 0.2) is 0 Å². The van der Waals surface area contributed by atoms with Crippen molar-refractivity contribution in [2.45, 2.75) is 5.75 Å². The van der Waals surface area contributed by atoms with Crippen molar-refractivity contribution in [3.8, 4) is 0 Å². The lowest BCUT2D eigenvalue weighted by molar-refractivity contribution is -0.115. The predicted molar refractivity (Wildman–Crippen MR) is 114 cm³/mol. The first kappa shape index (κ1) is 19.3. The van der Waals surface area contributed by atoms with E-state index in [4.69, 9.17) is 16.0 Å². The molecule has 0 aliphatic rings. The lowest BCUT2D eigenvalue weighted by Crippen LogP contribution is -2.26. The monoisotopic (exact) mass is 397 g/mol.